The highest BCUT2D eigenvalue weighted by Gasteiger charge is 2.27. The minimum atomic E-state index is -4.06. The first-order valence-electron chi connectivity index (χ1n) is 8.52. The van der Waals surface area contributed by atoms with E-state index in [4.69, 9.17) is 21.4 Å². The second-order valence-corrected chi connectivity index (χ2v) is 8.47. The minimum Gasteiger partial charge on any atom is -0.491 e. The molecule has 0 radical (unpaired) electrons. The van der Waals surface area contributed by atoms with Gasteiger partial charge in [0, 0.05) is 11.5 Å². The molecule has 0 unspecified atom stereocenters. The van der Waals surface area contributed by atoms with Crippen molar-refractivity contribution in [1.29, 1.82) is 0 Å². The van der Waals surface area contributed by atoms with Gasteiger partial charge in [-0.3, -0.25) is 4.79 Å². The molecule has 0 saturated carbocycles. The minimum absolute atomic E-state index is 0.0131. The summed E-state index contributed by atoms with van der Waals surface area (Å²) in [6.45, 7) is 7.43. The van der Waals surface area contributed by atoms with E-state index in [1.807, 2.05) is 13.8 Å². The number of aliphatic hydroxyl groups excluding tert-OH is 1. The van der Waals surface area contributed by atoms with Crippen molar-refractivity contribution < 1.29 is 27.4 Å². The van der Waals surface area contributed by atoms with Gasteiger partial charge in [-0.2, -0.15) is 0 Å². The van der Waals surface area contributed by atoms with E-state index in [2.05, 4.69) is 6.58 Å². The quantitative estimate of drug-likeness (QED) is 0.535. The molecule has 1 amide bonds. The van der Waals surface area contributed by atoms with Crippen LogP contribution in [0.5, 0.6) is 5.75 Å². The highest BCUT2D eigenvalue weighted by Crippen LogP contribution is 2.34. The number of hydrogen-bond acceptors (Lipinski definition) is 5. The largest absolute Gasteiger partial charge is 0.491 e. The number of halogens is 2. The van der Waals surface area contributed by atoms with Crippen molar-refractivity contribution in [3.8, 4) is 5.75 Å². The molecule has 0 fully saturated rings. The predicted octanol–water partition coefficient (Wildman–Crippen LogP) is 3.29. The molecule has 1 aromatic rings. The fourth-order valence-corrected chi connectivity index (χ4v) is 3.47. The Hall–Kier alpha value is -1.64. The Labute approximate surface area is 164 Å². The number of hydrogen-bond donors (Lipinski definition) is 2. The maximum Gasteiger partial charge on any atom is 0.267 e. The van der Waals surface area contributed by atoms with Crippen LogP contribution in [0.1, 0.15) is 43.5 Å². The molecule has 0 aliphatic rings. The maximum atomic E-state index is 14.3. The van der Waals surface area contributed by atoms with Crippen LogP contribution in [0, 0.1) is 11.2 Å². The lowest BCUT2D eigenvalue weighted by Crippen LogP contribution is -2.34. The molecule has 0 bridgehead atoms. The SMILES string of the molecule is C=CCC(CC)(CC)COc1cc(F)c(C(=O)NS(=O)(=O)CCO)cc1Cl. The molecule has 152 valence electrons. The number of aliphatic hydroxyl groups is 1. The molecule has 0 heterocycles. The number of sulfonamides is 1. The summed E-state index contributed by atoms with van der Waals surface area (Å²) in [6, 6.07) is 1.98. The Bertz CT molecular complexity index is 778. The molecule has 0 aromatic heterocycles. The van der Waals surface area contributed by atoms with Crippen molar-refractivity contribution in [2.75, 3.05) is 19.0 Å². The zero-order chi connectivity index (χ0) is 20.7. The van der Waals surface area contributed by atoms with E-state index in [0.29, 0.717) is 6.61 Å². The number of nitrogens with one attached hydrogen (secondary N) is 1. The van der Waals surface area contributed by atoms with Crippen molar-refractivity contribution in [2.45, 2.75) is 33.1 Å². The number of allylic oxidation sites excluding steroid dienone is 1. The first-order chi connectivity index (χ1) is 12.6. The Morgan fingerprint density at radius 3 is 2.56 bits per heavy atom. The van der Waals surface area contributed by atoms with Gasteiger partial charge in [0.1, 0.15) is 11.6 Å². The van der Waals surface area contributed by atoms with E-state index >= 15 is 0 Å². The summed E-state index contributed by atoms with van der Waals surface area (Å²) in [6.07, 6.45) is 4.19. The average Bonchev–Trinajstić information content (AvgIpc) is 2.60. The third-order valence-electron chi connectivity index (χ3n) is 4.49. The molecule has 1 aromatic carbocycles. The monoisotopic (exact) mass is 421 g/mol. The molecule has 0 spiro atoms. The third kappa shape index (κ3) is 6.48. The Balaban J connectivity index is 3.01. The smallest absolute Gasteiger partial charge is 0.267 e. The summed E-state index contributed by atoms with van der Waals surface area (Å²) in [5.41, 5.74) is -0.687. The Morgan fingerprint density at radius 1 is 1.41 bits per heavy atom. The van der Waals surface area contributed by atoms with Crippen LogP contribution in [0.15, 0.2) is 24.8 Å². The summed E-state index contributed by atoms with van der Waals surface area (Å²) in [5, 5.41) is 8.66. The van der Waals surface area contributed by atoms with Crippen LogP contribution in [0.25, 0.3) is 0 Å². The van der Waals surface area contributed by atoms with Crippen molar-refractivity contribution in [3.63, 3.8) is 0 Å². The molecular formula is C18H25ClFNO5S. The fourth-order valence-electron chi connectivity index (χ4n) is 2.52. The lowest BCUT2D eigenvalue weighted by Gasteiger charge is -2.30. The van der Waals surface area contributed by atoms with Crippen LogP contribution >= 0.6 is 11.6 Å². The van der Waals surface area contributed by atoms with E-state index in [-0.39, 0.29) is 16.2 Å². The van der Waals surface area contributed by atoms with Gasteiger partial charge in [-0.15, -0.1) is 6.58 Å². The fraction of sp³-hybridized carbons (Fsp3) is 0.500. The maximum absolute atomic E-state index is 14.3. The van der Waals surface area contributed by atoms with Crippen LogP contribution < -0.4 is 9.46 Å². The summed E-state index contributed by atoms with van der Waals surface area (Å²) in [7, 11) is -4.06. The Morgan fingerprint density at radius 2 is 2.04 bits per heavy atom. The molecule has 0 atom stereocenters. The molecule has 1 rings (SSSR count). The summed E-state index contributed by atoms with van der Waals surface area (Å²) in [5.74, 6) is -2.74. The zero-order valence-corrected chi connectivity index (χ0v) is 17.0. The van der Waals surface area contributed by atoms with Crippen LogP contribution in [-0.2, 0) is 10.0 Å². The van der Waals surface area contributed by atoms with Gasteiger partial charge < -0.3 is 9.84 Å². The molecule has 27 heavy (non-hydrogen) atoms. The standard InChI is InChI=1S/C18H25ClFNO5S/c1-4-7-18(5-2,6-3)12-26-16-11-15(20)13(10-14(16)19)17(23)21-27(24,25)9-8-22/h4,10-11,22H,1,5-9,12H2,2-3H3,(H,21,23). The van der Waals surface area contributed by atoms with Gasteiger partial charge in [-0.25, -0.2) is 17.5 Å². The van der Waals surface area contributed by atoms with Crippen molar-refractivity contribution in [3.05, 3.63) is 41.2 Å². The molecule has 2 N–H and O–H groups in total. The van der Waals surface area contributed by atoms with Gasteiger partial charge in [-0.05, 0) is 25.3 Å². The van der Waals surface area contributed by atoms with Crippen LogP contribution in [0.2, 0.25) is 5.02 Å². The third-order valence-corrected chi connectivity index (χ3v) is 6.00. The van der Waals surface area contributed by atoms with E-state index in [9.17, 15) is 17.6 Å². The first-order valence-corrected chi connectivity index (χ1v) is 10.5. The molecule has 0 aliphatic carbocycles. The van der Waals surface area contributed by atoms with Gasteiger partial charge in [0.25, 0.3) is 5.91 Å². The summed E-state index contributed by atoms with van der Waals surface area (Å²) < 4.78 is 44.8. The molecular weight excluding hydrogens is 397 g/mol. The van der Waals surface area contributed by atoms with Gasteiger partial charge in [-0.1, -0.05) is 31.5 Å². The lowest BCUT2D eigenvalue weighted by molar-refractivity contribution is 0.0977. The van der Waals surface area contributed by atoms with Crippen LogP contribution in [0.3, 0.4) is 0 Å². The summed E-state index contributed by atoms with van der Waals surface area (Å²) >= 11 is 6.09. The van der Waals surface area contributed by atoms with Gasteiger partial charge >= 0.3 is 0 Å². The van der Waals surface area contributed by atoms with Gasteiger partial charge in [0.05, 0.1) is 29.6 Å². The second-order valence-electron chi connectivity index (χ2n) is 6.22. The Kier molecular flexibility index (Phi) is 8.71. The lowest BCUT2D eigenvalue weighted by atomic mass is 9.80. The predicted molar refractivity (Wildman–Crippen MR) is 103 cm³/mol. The highest BCUT2D eigenvalue weighted by molar-refractivity contribution is 7.90. The number of ether oxygens (including phenoxy) is 1. The number of rotatable bonds is 11. The molecule has 9 heteroatoms. The average molecular weight is 422 g/mol. The van der Waals surface area contributed by atoms with E-state index < -0.39 is 39.7 Å². The number of carbonyl (C=O) groups is 1. The van der Waals surface area contributed by atoms with E-state index in [1.54, 1.807) is 10.8 Å². The van der Waals surface area contributed by atoms with Gasteiger partial charge in [0.15, 0.2) is 0 Å². The van der Waals surface area contributed by atoms with Gasteiger partial charge in [0.2, 0.25) is 10.0 Å². The van der Waals surface area contributed by atoms with Crippen LogP contribution in [0.4, 0.5) is 4.39 Å². The molecule has 0 saturated heterocycles. The number of carbonyl (C=O) groups excluding carboxylic acids is 1. The van der Waals surface area contributed by atoms with E-state index in [0.717, 1.165) is 31.4 Å². The normalized spacial score (nSPS) is 11.9. The summed E-state index contributed by atoms with van der Waals surface area (Å²) in [4.78, 5) is 12.0. The number of amides is 1. The van der Waals surface area contributed by atoms with Crippen LogP contribution in [-0.4, -0.2) is 38.4 Å². The molecule has 6 nitrogen and oxygen atoms in total. The number of benzene rings is 1. The van der Waals surface area contributed by atoms with Crippen molar-refractivity contribution >= 4 is 27.5 Å². The second kappa shape index (κ2) is 10.1. The molecule has 0 aliphatic heterocycles. The first kappa shape index (κ1) is 23.4. The van der Waals surface area contributed by atoms with Crippen molar-refractivity contribution in [2.24, 2.45) is 5.41 Å². The topological polar surface area (TPSA) is 92.7 Å². The zero-order valence-electron chi connectivity index (χ0n) is 15.4. The highest BCUT2D eigenvalue weighted by atomic mass is 35.5. The van der Waals surface area contributed by atoms with Crippen molar-refractivity contribution in [1.82, 2.24) is 4.72 Å². The van der Waals surface area contributed by atoms with E-state index in [1.165, 1.54) is 0 Å².